The van der Waals surface area contributed by atoms with Crippen LogP contribution in [-0.4, -0.2) is 39.5 Å². The Morgan fingerprint density at radius 3 is 2.29 bits per heavy atom. The number of carbonyl (C=O) groups is 2. The largest absolute Gasteiger partial charge is 0.376 e. The fourth-order valence-corrected chi connectivity index (χ4v) is 4.67. The van der Waals surface area contributed by atoms with Crippen LogP contribution in [0.5, 0.6) is 0 Å². The standard InChI is InChI=1S/C25H25N3O5S/c29-24(18-12-14-19(15-13-18)28-34(31,32)21-8-2-1-3-9-21)27-23-11-5-4-10-22(23)25(30)26-17-20-7-6-16-33-20/h1-5,8-15,20,28H,6-7,16-17H2,(H,26,30)(H,27,29)/t20-/m0/s1. The summed E-state index contributed by atoms with van der Waals surface area (Å²) in [5.41, 5.74) is 1.37. The van der Waals surface area contributed by atoms with Crippen LogP contribution in [0.3, 0.4) is 0 Å². The van der Waals surface area contributed by atoms with Crippen molar-refractivity contribution < 1.29 is 22.7 Å². The van der Waals surface area contributed by atoms with Gasteiger partial charge in [0, 0.05) is 24.4 Å². The highest BCUT2D eigenvalue weighted by Gasteiger charge is 2.19. The van der Waals surface area contributed by atoms with Gasteiger partial charge in [0.1, 0.15) is 0 Å². The topological polar surface area (TPSA) is 114 Å². The molecular formula is C25H25N3O5S. The van der Waals surface area contributed by atoms with Crippen molar-refractivity contribution in [2.75, 3.05) is 23.2 Å². The quantitative estimate of drug-likeness (QED) is 0.456. The van der Waals surface area contributed by atoms with Crippen LogP contribution in [0, 0.1) is 0 Å². The highest BCUT2D eigenvalue weighted by Crippen LogP contribution is 2.19. The number of nitrogens with one attached hydrogen (secondary N) is 3. The van der Waals surface area contributed by atoms with Crippen LogP contribution in [0.2, 0.25) is 0 Å². The Bertz CT molecular complexity index is 1260. The second kappa shape index (κ2) is 10.5. The van der Waals surface area contributed by atoms with Crippen molar-refractivity contribution in [2.45, 2.75) is 23.8 Å². The molecule has 3 aromatic rings. The number of carbonyl (C=O) groups excluding carboxylic acids is 2. The van der Waals surface area contributed by atoms with Gasteiger partial charge in [0.2, 0.25) is 0 Å². The van der Waals surface area contributed by atoms with Gasteiger partial charge in [-0.25, -0.2) is 8.42 Å². The lowest BCUT2D eigenvalue weighted by atomic mass is 10.1. The molecule has 2 amide bonds. The predicted molar refractivity (Wildman–Crippen MR) is 129 cm³/mol. The normalized spacial score (nSPS) is 15.5. The molecule has 1 heterocycles. The molecule has 0 aromatic heterocycles. The minimum Gasteiger partial charge on any atom is -0.376 e. The molecule has 0 saturated carbocycles. The third-order valence-electron chi connectivity index (χ3n) is 5.39. The molecule has 3 aromatic carbocycles. The average molecular weight is 480 g/mol. The van der Waals surface area contributed by atoms with Crippen molar-refractivity contribution in [3.05, 3.63) is 90.0 Å². The summed E-state index contributed by atoms with van der Waals surface area (Å²) in [6, 6.07) is 20.8. The van der Waals surface area contributed by atoms with Gasteiger partial charge in [-0.15, -0.1) is 0 Å². The molecule has 0 aliphatic carbocycles. The number of amides is 2. The van der Waals surface area contributed by atoms with Gasteiger partial charge in [-0.1, -0.05) is 30.3 Å². The minimum absolute atomic E-state index is 0.0172. The van der Waals surface area contributed by atoms with E-state index in [2.05, 4.69) is 15.4 Å². The maximum atomic E-state index is 12.8. The van der Waals surface area contributed by atoms with Crippen molar-refractivity contribution >= 4 is 33.2 Å². The summed E-state index contributed by atoms with van der Waals surface area (Å²) in [5, 5.41) is 5.62. The highest BCUT2D eigenvalue weighted by molar-refractivity contribution is 7.92. The molecule has 1 atom stereocenters. The van der Waals surface area contributed by atoms with Crippen LogP contribution in [0.1, 0.15) is 33.6 Å². The first-order valence-electron chi connectivity index (χ1n) is 10.9. The number of anilines is 2. The number of rotatable bonds is 8. The molecule has 176 valence electrons. The van der Waals surface area contributed by atoms with Crippen molar-refractivity contribution in [1.29, 1.82) is 0 Å². The zero-order valence-corrected chi connectivity index (χ0v) is 19.2. The maximum absolute atomic E-state index is 12.8. The van der Waals surface area contributed by atoms with Crippen LogP contribution >= 0.6 is 0 Å². The first-order chi connectivity index (χ1) is 16.4. The van der Waals surface area contributed by atoms with Crippen molar-refractivity contribution in [1.82, 2.24) is 5.32 Å². The summed E-state index contributed by atoms with van der Waals surface area (Å²) < 4.78 is 32.9. The maximum Gasteiger partial charge on any atom is 0.261 e. The van der Waals surface area contributed by atoms with E-state index in [-0.39, 0.29) is 16.9 Å². The summed E-state index contributed by atoms with van der Waals surface area (Å²) >= 11 is 0. The monoisotopic (exact) mass is 479 g/mol. The highest BCUT2D eigenvalue weighted by atomic mass is 32.2. The molecule has 1 fully saturated rings. The third-order valence-corrected chi connectivity index (χ3v) is 6.78. The first-order valence-corrected chi connectivity index (χ1v) is 12.4. The molecule has 1 aliphatic heterocycles. The van der Waals surface area contributed by atoms with E-state index in [1.54, 1.807) is 42.5 Å². The summed E-state index contributed by atoms with van der Waals surface area (Å²) in [5.74, 6) is -0.714. The molecule has 0 unspecified atom stereocenters. The zero-order valence-electron chi connectivity index (χ0n) is 18.4. The van der Waals surface area contributed by atoms with Gasteiger partial charge >= 0.3 is 0 Å². The molecular weight excluding hydrogens is 454 g/mol. The molecule has 0 radical (unpaired) electrons. The van der Waals surface area contributed by atoms with Gasteiger partial charge < -0.3 is 15.4 Å². The number of para-hydroxylation sites is 1. The van der Waals surface area contributed by atoms with Gasteiger partial charge in [-0.05, 0) is 61.4 Å². The summed E-state index contributed by atoms with van der Waals surface area (Å²) in [7, 11) is -3.73. The zero-order chi connectivity index (χ0) is 24.0. The fourth-order valence-electron chi connectivity index (χ4n) is 3.60. The van der Waals surface area contributed by atoms with Crippen LogP contribution in [-0.2, 0) is 14.8 Å². The van der Waals surface area contributed by atoms with Crippen LogP contribution in [0.4, 0.5) is 11.4 Å². The lowest BCUT2D eigenvalue weighted by molar-refractivity contribution is 0.0858. The number of sulfonamides is 1. The lowest BCUT2D eigenvalue weighted by Crippen LogP contribution is -2.32. The number of hydrogen-bond acceptors (Lipinski definition) is 5. The van der Waals surface area contributed by atoms with Crippen LogP contribution < -0.4 is 15.4 Å². The van der Waals surface area contributed by atoms with E-state index >= 15 is 0 Å². The van der Waals surface area contributed by atoms with E-state index in [0.717, 1.165) is 12.8 Å². The van der Waals surface area contributed by atoms with E-state index in [9.17, 15) is 18.0 Å². The Morgan fingerprint density at radius 1 is 0.882 bits per heavy atom. The van der Waals surface area contributed by atoms with Gasteiger partial charge in [0.15, 0.2) is 0 Å². The van der Waals surface area contributed by atoms with Crippen LogP contribution in [0.25, 0.3) is 0 Å². The van der Waals surface area contributed by atoms with E-state index < -0.39 is 15.9 Å². The van der Waals surface area contributed by atoms with Gasteiger partial charge in [-0.2, -0.15) is 0 Å². The molecule has 3 N–H and O–H groups in total. The first kappa shape index (κ1) is 23.5. The summed E-state index contributed by atoms with van der Waals surface area (Å²) in [6.07, 6.45) is 1.92. The predicted octanol–water partition coefficient (Wildman–Crippen LogP) is 3.65. The smallest absolute Gasteiger partial charge is 0.261 e. The molecule has 8 nitrogen and oxygen atoms in total. The fraction of sp³-hybridized carbons (Fsp3) is 0.200. The molecule has 34 heavy (non-hydrogen) atoms. The third kappa shape index (κ3) is 5.81. The van der Waals surface area contributed by atoms with E-state index in [0.29, 0.717) is 35.7 Å². The molecule has 1 saturated heterocycles. The second-order valence-corrected chi connectivity index (χ2v) is 9.52. The summed E-state index contributed by atoms with van der Waals surface area (Å²) in [6.45, 7) is 1.13. The van der Waals surface area contributed by atoms with E-state index in [1.165, 1.54) is 36.4 Å². The molecule has 9 heteroatoms. The average Bonchev–Trinajstić information content (AvgIpc) is 3.37. The Labute approximate surface area is 198 Å². The van der Waals surface area contributed by atoms with Gasteiger partial charge in [0.05, 0.1) is 22.3 Å². The number of benzene rings is 3. The van der Waals surface area contributed by atoms with Crippen molar-refractivity contribution in [2.24, 2.45) is 0 Å². The SMILES string of the molecule is O=C(Nc1ccccc1C(=O)NC[C@@H]1CCCO1)c1ccc(NS(=O)(=O)c2ccccc2)cc1. The summed E-state index contributed by atoms with van der Waals surface area (Å²) in [4.78, 5) is 25.6. The Balaban J connectivity index is 1.41. The molecule has 0 bridgehead atoms. The van der Waals surface area contributed by atoms with Crippen molar-refractivity contribution in [3.63, 3.8) is 0 Å². The molecule has 4 rings (SSSR count). The van der Waals surface area contributed by atoms with E-state index in [4.69, 9.17) is 4.74 Å². The van der Waals surface area contributed by atoms with E-state index in [1.807, 2.05) is 0 Å². The Kier molecular flexibility index (Phi) is 7.24. The molecule has 1 aliphatic rings. The second-order valence-electron chi connectivity index (χ2n) is 7.84. The number of hydrogen-bond donors (Lipinski definition) is 3. The van der Waals surface area contributed by atoms with Gasteiger partial charge in [-0.3, -0.25) is 14.3 Å². The Morgan fingerprint density at radius 2 is 1.59 bits per heavy atom. The minimum atomic E-state index is -3.73. The number of ether oxygens (including phenoxy) is 1. The van der Waals surface area contributed by atoms with Crippen molar-refractivity contribution in [3.8, 4) is 0 Å². The molecule has 0 spiro atoms. The Hall–Kier alpha value is -3.69. The lowest BCUT2D eigenvalue weighted by Gasteiger charge is -2.14. The van der Waals surface area contributed by atoms with Crippen LogP contribution in [0.15, 0.2) is 83.8 Å². The van der Waals surface area contributed by atoms with Gasteiger partial charge in [0.25, 0.3) is 21.8 Å².